The second kappa shape index (κ2) is 5.63. The van der Waals surface area contributed by atoms with Gasteiger partial charge in [0.05, 0.1) is 18.8 Å². The Labute approximate surface area is 124 Å². The van der Waals surface area contributed by atoms with Gasteiger partial charge >= 0.3 is 0 Å². The third-order valence-electron chi connectivity index (χ3n) is 3.72. The Bertz CT molecular complexity index is 620. The normalized spacial score (nSPS) is 14.2. The molecule has 2 aromatic heterocycles. The molecule has 21 heavy (non-hydrogen) atoms. The van der Waals surface area contributed by atoms with Crippen molar-refractivity contribution in [2.75, 3.05) is 24.3 Å². The molecular weight excluding hydrogens is 266 g/mol. The summed E-state index contributed by atoms with van der Waals surface area (Å²) in [5.74, 6) is 3.03. The van der Waals surface area contributed by atoms with Crippen molar-refractivity contribution in [3.63, 3.8) is 0 Å². The molecule has 0 aromatic carbocycles. The predicted molar refractivity (Wildman–Crippen MR) is 82.2 cm³/mol. The highest BCUT2D eigenvalue weighted by Crippen LogP contribution is 2.31. The molecule has 0 aliphatic heterocycles. The molecule has 0 atom stereocenters. The SMILES string of the molecule is CN(Cc1nccn1C)c1ccc(N)c(OCC2CC2)n1. The smallest absolute Gasteiger partial charge is 0.239 e. The number of aromatic nitrogens is 3. The molecule has 0 bridgehead atoms. The molecule has 2 N–H and O–H groups in total. The predicted octanol–water partition coefficient (Wildman–Crippen LogP) is 1.82. The summed E-state index contributed by atoms with van der Waals surface area (Å²) in [6, 6.07) is 3.75. The lowest BCUT2D eigenvalue weighted by Crippen LogP contribution is -2.20. The van der Waals surface area contributed by atoms with Crippen molar-refractivity contribution in [2.24, 2.45) is 13.0 Å². The summed E-state index contributed by atoms with van der Waals surface area (Å²) in [7, 11) is 3.97. The average molecular weight is 287 g/mol. The zero-order chi connectivity index (χ0) is 14.8. The minimum atomic E-state index is 0.533. The lowest BCUT2D eigenvalue weighted by molar-refractivity contribution is 0.290. The number of nitrogens with zero attached hydrogens (tertiary/aromatic N) is 4. The number of rotatable bonds is 6. The first-order valence-corrected chi connectivity index (χ1v) is 7.20. The number of nitrogen functional groups attached to an aromatic ring is 1. The Morgan fingerprint density at radius 2 is 2.24 bits per heavy atom. The summed E-state index contributed by atoms with van der Waals surface area (Å²) in [4.78, 5) is 10.9. The van der Waals surface area contributed by atoms with Crippen molar-refractivity contribution in [2.45, 2.75) is 19.4 Å². The number of hydrogen-bond acceptors (Lipinski definition) is 5. The third kappa shape index (κ3) is 3.26. The van der Waals surface area contributed by atoms with Gasteiger partial charge in [0.25, 0.3) is 0 Å². The zero-order valence-electron chi connectivity index (χ0n) is 12.5. The molecule has 1 saturated carbocycles. The van der Waals surface area contributed by atoms with E-state index in [2.05, 4.69) is 9.97 Å². The van der Waals surface area contributed by atoms with Gasteiger partial charge in [0, 0.05) is 26.5 Å². The van der Waals surface area contributed by atoms with Crippen LogP contribution in [0.3, 0.4) is 0 Å². The van der Waals surface area contributed by atoms with Crippen LogP contribution in [0, 0.1) is 5.92 Å². The molecule has 6 heteroatoms. The van der Waals surface area contributed by atoms with Crippen molar-refractivity contribution in [3.05, 3.63) is 30.4 Å². The molecular formula is C15H21N5O. The maximum absolute atomic E-state index is 5.93. The molecule has 1 aliphatic carbocycles. The van der Waals surface area contributed by atoms with Crippen LogP contribution in [0.1, 0.15) is 18.7 Å². The number of pyridine rings is 1. The highest BCUT2D eigenvalue weighted by atomic mass is 16.5. The van der Waals surface area contributed by atoms with Crippen molar-refractivity contribution in [1.29, 1.82) is 0 Å². The number of ether oxygens (including phenoxy) is 1. The van der Waals surface area contributed by atoms with Crippen molar-refractivity contribution < 1.29 is 4.74 Å². The summed E-state index contributed by atoms with van der Waals surface area (Å²) >= 11 is 0. The maximum Gasteiger partial charge on any atom is 0.239 e. The second-order valence-electron chi connectivity index (χ2n) is 5.63. The summed E-state index contributed by atoms with van der Waals surface area (Å²) in [6.45, 7) is 1.40. The van der Waals surface area contributed by atoms with Crippen LogP contribution in [0.5, 0.6) is 5.88 Å². The molecule has 2 aromatic rings. The molecule has 0 unspecified atom stereocenters. The van der Waals surface area contributed by atoms with Crippen LogP contribution in [0.25, 0.3) is 0 Å². The fourth-order valence-electron chi connectivity index (χ4n) is 2.09. The van der Waals surface area contributed by atoms with E-state index in [4.69, 9.17) is 10.5 Å². The minimum Gasteiger partial charge on any atom is -0.476 e. The highest BCUT2D eigenvalue weighted by molar-refractivity contribution is 5.54. The zero-order valence-corrected chi connectivity index (χ0v) is 12.5. The van der Waals surface area contributed by atoms with Gasteiger partial charge in [-0.15, -0.1) is 0 Å². The third-order valence-corrected chi connectivity index (χ3v) is 3.72. The van der Waals surface area contributed by atoms with Crippen molar-refractivity contribution >= 4 is 11.5 Å². The number of anilines is 2. The largest absolute Gasteiger partial charge is 0.476 e. The first kappa shape index (κ1) is 13.7. The second-order valence-corrected chi connectivity index (χ2v) is 5.63. The maximum atomic E-state index is 5.93. The van der Waals surface area contributed by atoms with E-state index in [9.17, 15) is 0 Å². The van der Waals surface area contributed by atoms with Crippen molar-refractivity contribution in [1.82, 2.24) is 14.5 Å². The number of aryl methyl sites for hydroxylation is 1. The van der Waals surface area contributed by atoms with Crippen LogP contribution in [0.2, 0.25) is 0 Å². The van der Waals surface area contributed by atoms with E-state index in [-0.39, 0.29) is 0 Å². The van der Waals surface area contributed by atoms with Crippen LogP contribution in [-0.4, -0.2) is 28.2 Å². The fourth-order valence-corrected chi connectivity index (χ4v) is 2.09. The first-order valence-electron chi connectivity index (χ1n) is 7.20. The fraction of sp³-hybridized carbons (Fsp3) is 0.467. The molecule has 1 aliphatic rings. The van der Waals surface area contributed by atoms with Gasteiger partial charge in [-0.1, -0.05) is 0 Å². The van der Waals surface area contributed by atoms with E-state index >= 15 is 0 Å². The van der Waals surface area contributed by atoms with E-state index in [1.165, 1.54) is 12.8 Å². The van der Waals surface area contributed by atoms with Crippen LogP contribution in [0.15, 0.2) is 24.5 Å². The van der Waals surface area contributed by atoms with E-state index in [1.54, 1.807) is 6.20 Å². The van der Waals surface area contributed by atoms with E-state index in [0.717, 1.165) is 11.6 Å². The quantitative estimate of drug-likeness (QED) is 0.877. The van der Waals surface area contributed by atoms with Gasteiger partial charge in [0.2, 0.25) is 5.88 Å². The molecule has 0 spiro atoms. The van der Waals surface area contributed by atoms with E-state index in [0.29, 0.717) is 30.6 Å². The number of imidazole rings is 1. The summed E-state index contributed by atoms with van der Waals surface area (Å²) < 4.78 is 7.73. The topological polar surface area (TPSA) is 69.2 Å². The van der Waals surface area contributed by atoms with Gasteiger partial charge in [0.15, 0.2) is 0 Å². The van der Waals surface area contributed by atoms with Crippen LogP contribution >= 0.6 is 0 Å². The Balaban J connectivity index is 1.71. The summed E-state index contributed by atoms with van der Waals surface area (Å²) in [6.07, 6.45) is 6.23. The molecule has 6 nitrogen and oxygen atoms in total. The Morgan fingerprint density at radius 3 is 2.90 bits per heavy atom. The van der Waals surface area contributed by atoms with Gasteiger partial charge in [-0.3, -0.25) is 0 Å². The highest BCUT2D eigenvalue weighted by Gasteiger charge is 2.22. The van der Waals surface area contributed by atoms with Crippen LogP contribution < -0.4 is 15.4 Å². The first-order chi connectivity index (χ1) is 10.1. The summed E-state index contributed by atoms with van der Waals surface area (Å²) in [5, 5.41) is 0. The number of nitrogens with two attached hydrogens (primary N) is 1. The van der Waals surface area contributed by atoms with Gasteiger partial charge in [0.1, 0.15) is 11.6 Å². The Hall–Kier alpha value is -2.24. The number of hydrogen-bond donors (Lipinski definition) is 1. The lowest BCUT2D eigenvalue weighted by Gasteiger charge is -2.19. The molecule has 1 fully saturated rings. The summed E-state index contributed by atoms with van der Waals surface area (Å²) in [5.41, 5.74) is 6.52. The molecule has 0 radical (unpaired) electrons. The van der Waals surface area contributed by atoms with Gasteiger partial charge in [-0.25, -0.2) is 4.98 Å². The lowest BCUT2D eigenvalue weighted by atomic mass is 10.3. The molecule has 112 valence electrons. The molecule has 0 amide bonds. The van der Waals surface area contributed by atoms with Crippen LogP contribution in [-0.2, 0) is 13.6 Å². The van der Waals surface area contributed by atoms with Crippen LogP contribution in [0.4, 0.5) is 11.5 Å². The molecule has 2 heterocycles. The Kier molecular flexibility index (Phi) is 3.68. The standard InChI is InChI=1S/C15H21N5O/c1-19-8-7-17-14(19)9-20(2)13-6-5-12(16)15(18-13)21-10-11-3-4-11/h5-8,11H,3-4,9-10,16H2,1-2H3. The Morgan fingerprint density at radius 1 is 1.43 bits per heavy atom. The van der Waals surface area contributed by atoms with Gasteiger partial charge < -0.3 is 19.9 Å². The van der Waals surface area contributed by atoms with E-state index in [1.807, 2.05) is 41.9 Å². The molecule has 0 saturated heterocycles. The van der Waals surface area contributed by atoms with Gasteiger partial charge in [-0.05, 0) is 30.9 Å². The molecule has 3 rings (SSSR count). The van der Waals surface area contributed by atoms with Gasteiger partial charge in [-0.2, -0.15) is 4.98 Å². The van der Waals surface area contributed by atoms with E-state index < -0.39 is 0 Å². The minimum absolute atomic E-state index is 0.533. The van der Waals surface area contributed by atoms with Crippen molar-refractivity contribution in [3.8, 4) is 5.88 Å². The average Bonchev–Trinajstić information content (AvgIpc) is 3.22. The monoisotopic (exact) mass is 287 g/mol.